The third-order valence-corrected chi connectivity index (χ3v) is 2.48. The number of nitrogens with zero attached hydrogens (tertiary/aromatic N) is 4. The van der Waals surface area contributed by atoms with E-state index in [-0.39, 0.29) is 0 Å². The zero-order valence-electron chi connectivity index (χ0n) is 10.4. The molecule has 0 aromatic carbocycles. The Morgan fingerprint density at radius 2 is 2.18 bits per heavy atom. The lowest BCUT2D eigenvalue weighted by molar-refractivity contribution is 0.756. The van der Waals surface area contributed by atoms with Gasteiger partial charge in [0.2, 0.25) is 5.95 Å². The highest BCUT2D eigenvalue weighted by atomic mass is 15.3. The molecule has 0 aliphatic carbocycles. The third-order valence-electron chi connectivity index (χ3n) is 2.48. The van der Waals surface area contributed by atoms with Gasteiger partial charge in [0.1, 0.15) is 0 Å². The van der Waals surface area contributed by atoms with Gasteiger partial charge in [-0.05, 0) is 13.8 Å². The lowest BCUT2D eigenvalue weighted by atomic mass is 10.4. The summed E-state index contributed by atoms with van der Waals surface area (Å²) >= 11 is 0. The highest BCUT2D eigenvalue weighted by Gasteiger charge is 2.08. The molecule has 0 aliphatic heterocycles. The van der Waals surface area contributed by atoms with E-state index in [1.54, 1.807) is 4.68 Å². The number of aromatic nitrogens is 4. The largest absolute Gasteiger partial charge is 0.323 e. The van der Waals surface area contributed by atoms with E-state index in [2.05, 4.69) is 22.0 Å². The second kappa shape index (κ2) is 4.45. The molecule has 0 saturated heterocycles. The van der Waals surface area contributed by atoms with Gasteiger partial charge in [-0.25, -0.2) is 4.98 Å². The zero-order valence-corrected chi connectivity index (χ0v) is 10.4. The maximum absolute atomic E-state index is 4.44. The van der Waals surface area contributed by atoms with Gasteiger partial charge in [0.15, 0.2) is 0 Å². The summed E-state index contributed by atoms with van der Waals surface area (Å²) < 4.78 is 3.81. The maximum atomic E-state index is 4.44. The Bertz CT molecular complexity index is 535. The van der Waals surface area contributed by atoms with E-state index in [0.29, 0.717) is 0 Å². The average molecular weight is 231 g/mol. The monoisotopic (exact) mass is 231 g/mol. The molecule has 90 valence electrons. The molecule has 0 spiro atoms. The molecule has 0 saturated carbocycles. The Kier molecular flexibility index (Phi) is 2.99. The summed E-state index contributed by atoms with van der Waals surface area (Å²) in [6, 6.07) is 0. The number of aryl methyl sites for hydroxylation is 3. The quantitative estimate of drug-likeness (QED) is 0.820. The van der Waals surface area contributed by atoms with Crippen molar-refractivity contribution in [1.82, 2.24) is 19.3 Å². The highest BCUT2D eigenvalue weighted by molar-refractivity contribution is 5.55. The predicted molar refractivity (Wildman–Crippen MR) is 68.4 cm³/mol. The fourth-order valence-electron chi connectivity index (χ4n) is 1.77. The van der Waals surface area contributed by atoms with Crippen molar-refractivity contribution in [1.29, 1.82) is 0 Å². The van der Waals surface area contributed by atoms with E-state index in [1.807, 2.05) is 43.9 Å². The predicted octanol–water partition coefficient (Wildman–Crippen LogP) is 2.16. The van der Waals surface area contributed by atoms with Crippen molar-refractivity contribution in [2.45, 2.75) is 20.4 Å². The number of hydrogen-bond acceptors (Lipinski definition) is 3. The van der Waals surface area contributed by atoms with Crippen LogP contribution in [0, 0.1) is 13.8 Å². The average Bonchev–Trinajstić information content (AvgIpc) is 2.73. The van der Waals surface area contributed by atoms with E-state index in [4.69, 9.17) is 0 Å². The van der Waals surface area contributed by atoms with Crippen LogP contribution in [0.4, 0.5) is 11.6 Å². The summed E-state index contributed by atoms with van der Waals surface area (Å²) in [6.07, 6.45) is 5.79. The van der Waals surface area contributed by atoms with Crippen LogP contribution in [-0.4, -0.2) is 19.3 Å². The van der Waals surface area contributed by atoms with Gasteiger partial charge in [-0.15, -0.1) is 6.58 Å². The van der Waals surface area contributed by atoms with Gasteiger partial charge < -0.3 is 9.88 Å². The Labute approximate surface area is 101 Å². The summed E-state index contributed by atoms with van der Waals surface area (Å²) in [6.45, 7) is 8.42. The molecule has 0 aliphatic rings. The van der Waals surface area contributed by atoms with E-state index in [0.717, 1.165) is 29.6 Å². The van der Waals surface area contributed by atoms with Crippen LogP contribution in [0.1, 0.15) is 11.4 Å². The van der Waals surface area contributed by atoms with Crippen molar-refractivity contribution in [3.8, 4) is 0 Å². The number of rotatable bonds is 4. The molecule has 0 radical (unpaired) electrons. The molecule has 0 amide bonds. The van der Waals surface area contributed by atoms with Crippen LogP contribution in [-0.2, 0) is 13.6 Å². The van der Waals surface area contributed by atoms with Gasteiger partial charge in [0, 0.05) is 26.0 Å². The Morgan fingerprint density at radius 1 is 1.41 bits per heavy atom. The Morgan fingerprint density at radius 3 is 2.76 bits per heavy atom. The third kappa shape index (κ3) is 2.38. The molecule has 2 aromatic heterocycles. The Hall–Kier alpha value is -2.04. The van der Waals surface area contributed by atoms with Gasteiger partial charge in [-0.2, -0.15) is 5.10 Å². The van der Waals surface area contributed by atoms with Crippen LogP contribution < -0.4 is 5.32 Å². The molecule has 2 rings (SSSR count). The molecule has 0 atom stereocenters. The molecule has 0 bridgehead atoms. The summed E-state index contributed by atoms with van der Waals surface area (Å²) in [7, 11) is 1.90. The number of nitrogens with one attached hydrogen (secondary N) is 1. The van der Waals surface area contributed by atoms with Gasteiger partial charge in [0.05, 0.1) is 17.1 Å². The van der Waals surface area contributed by atoms with Crippen molar-refractivity contribution < 1.29 is 0 Å². The van der Waals surface area contributed by atoms with Crippen molar-refractivity contribution in [3.05, 3.63) is 36.4 Å². The topological polar surface area (TPSA) is 47.7 Å². The second-order valence-corrected chi connectivity index (χ2v) is 4.07. The van der Waals surface area contributed by atoms with Crippen LogP contribution in [0.25, 0.3) is 0 Å². The number of imidazole rings is 1. The molecule has 2 aromatic rings. The molecule has 17 heavy (non-hydrogen) atoms. The molecule has 0 fully saturated rings. The first-order valence-corrected chi connectivity index (χ1v) is 5.52. The van der Waals surface area contributed by atoms with Gasteiger partial charge in [-0.1, -0.05) is 6.08 Å². The Balaban J connectivity index is 2.28. The van der Waals surface area contributed by atoms with E-state index in [1.165, 1.54) is 0 Å². The normalized spacial score (nSPS) is 10.5. The summed E-state index contributed by atoms with van der Waals surface area (Å²) in [5.74, 6) is 0.818. The van der Waals surface area contributed by atoms with E-state index in [9.17, 15) is 0 Å². The molecule has 1 N–H and O–H groups in total. The van der Waals surface area contributed by atoms with Crippen LogP contribution >= 0.6 is 0 Å². The number of allylic oxidation sites excluding steroid dienone is 1. The highest BCUT2D eigenvalue weighted by Crippen LogP contribution is 2.18. The minimum absolute atomic E-state index is 0.739. The van der Waals surface area contributed by atoms with Crippen molar-refractivity contribution in [2.24, 2.45) is 7.05 Å². The first-order chi connectivity index (χ1) is 8.10. The summed E-state index contributed by atoms with van der Waals surface area (Å²) in [5, 5.41) is 7.57. The molecule has 5 nitrogen and oxygen atoms in total. The molecule has 2 heterocycles. The number of anilines is 2. The smallest absolute Gasteiger partial charge is 0.207 e. The van der Waals surface area contributed by atoms with Crippen LogP contribution in [0.2, 0.25) is 0 Å². The standard InChI is InChI=1S/C12H17N5/c1-5-6-17-7-9(2)13-12(17)14-11-8-16(4)15-10(11)3/h5,7-8H,1,6H2,2-4H3,(H,13,14). The summed E-state index contributed by atoms with van der Waals surface area (Å²) in [4.78, 5) is 4.44. The maximum Gasteiger partial charge on any atom is 0.207 e. The minimum atomic E-state index is 0.739. The molecular weight excluding hydrogens is 214 g/mol. The van der Waals surface area contributed by atoms with Crippen LogP contribution in [0.5, 0.6) is 0 Å². The molecule has 0 unspecified atom stereocenters. The van der Waals surface area contributed by atoms with Crippen LogP contribution in [0.15, 0.2) is 25.0 Å². The SMILES string of the molecule is C=CCn1cc(C)nc1Nc1cn(C)nc1C. The van der Waals surface area contributed by atoms with Crippen molar-refractivity contribution >= 4 is 11.6 Å². The minimum Gasteiger partial charge on any atom is -0.323 e. The fourth-order valence-corrected chi connectivity index (χ4v) is 1.77. The lowest BCUT2D eigenvalue weighted by Crippen LogP contribution is -2.02. The summed E-state index contributed by atoms with van der Waals surface area (Å²) in [5.41, 5.74) is 2.91. The lowest BCUT2D eigenvalue weighted by Gasteiger charge is -2.06. The molecule has 5 heteroatoms. The second-order valence-electron chi connectivity index (χ2n) is 4.07. The first kappa shape index (κ1) is 11.4. The number of hydrogen-bond donors (Lipinski definition) is 1. The first-order valence-electron chi connectivity index (χ1n) is 5.52. The van der Waals surface area contributed by atoms with Gasteiger partial charge in [0.25, 0.3) is 0 Å². The molecular formula is C12H17N5. The van der Waals surface area contributed by atoms with Gasteiger partial charge >= 0.3 is 0 Å². The van der Waals surface area contributed by atoms with E-state index >= 15 is 0 Å². The van der Waals surface area contributed by atoms with Crippen LogP contribution in [0.3, 0.4) is 0 Å². The fraction of sp³-hybridized carbons (Fsp3) is 0.333. The zero-order chi connectivity index (χ0) is 12.4. The van der Waals surface area contributed by atoms with Crippen molar-refractivity contribution in [2.75, 3.05) is 5.32 Å². The van der Waals surface area contributed by atoms with Gasteiger partial charge in [-0.3, -0.25) is 4.68 Å². The van der Waals surface area contributed by atoms with E-state index < -0.39 is 0 Å². The van der Waals surface area contributed by atoms with Crippen molar-refractivity contribution in [3.63, 3.8) is 0 Å².